The van der Waals surface area contributed by atoms with Crippen molar-refractivity contribution in [3.05, 3.63) is 0 Å². The van der Waals surface area contributed by atoms with Crippen molar-refractivity contribution in [1.29, 1.82) is 0 Å². The smallest absolute Gasteiger partial charge is 1.00 e. The Morgan fingerprint density at radius 2 is 1.90 bits per heavy atom. The van der Waals surface area contributed by atoms with Gasteiger partial charge in [-0.1, -0.05) is 0 Å². The summed E-state index contributed by atoms with van der Waals surface area (Å²) < 4.78 is 0. The van der Waals surface area contributed by atoms with E-state index in [1.54, 1.807) is 0 Å². The first-order chi connectivity index (χ1) is 3.81. The predicted octanol–water partition coefficient (Wildman–Crippen LogP) is -3.31. The molecule has 0 N–H and O–H groups in total. The van der Waals surface area contributed by atoms with Gasteiger partial charge in [0.05, 0.1) is 5.54 Å². The fraction of sp³-hybridized carbons (Fsp3) is 0.833. The van der Waals surface area contributed by atoms with Gasteiger partial charge in [-0.2, -0.15) is 0 Å². The topological polar surface area (TPSA) is 35.4 Å². The van der Waals surface area contributed by atoms with E-state index >= 15 is 0 Å². The first kappa shape index (κ1) is 10.7. The minimum absolute atomic E-state index is 0. The molecule has 1 aliphatic carbocycles. The van der Waals surface area contributed by atoms with Gasteiger partial charge in [0.2, 0.25) is 0 Å². The molecule has 4 heteroatoms. The third-order valence-corrected chi connectivity index (χ3v) is 1.99. The summed E-state index contributed by atoms with van der Waals surface area (Å²) in [7, 11) is 0. The SMILES string of the molecule is [Br-].[Mg+2].[O-]C1=NC2(CC1)CC2. The van der Waals surface area contributed by atoms with Crippen LogP contribution in [-0.4, -0.2) is 34.5 Å². The fourth-order valence-electron chi connectivity index (χ4n) is 1.22. The summed E-state index contributed by atoms with van der Waals surface area (Å²) in [4.78, 5) is 3.99. The van der Waals surface area contributed by atoms with E-state index in [9.17, 15) is 5.11 Å². The molecule has 52 valence electrons. The fourth-order valence-corrected chi connectivity index (χ4v) is 1.22. The first-order valence-corrected chi connectivity index (χ1v) is 3.07. The van der Waals surface area contributed by atoms with Gasteiger partial charge in [0.15, 0.2) is 0 Å². The van der Waals surface area contributed by atoms with Crippen molar-refractivity contribution in [2.45, 2.75) is 31.2 Å². The van der Waals surface area contributed by atoms with Gasteiger partial charge in [0.25, 0.3) is 0 Å². The van der Waals surface area contributed by atoms with Gasteiger partial charge < -0.3 is 22.1 Å². The Labute approximate surface area is 87.0 Å². The summed E-state index contributed by atoms with van der Waals surface area (Å²) in [6.45, 7) is 0. The summed E-state index contributed by atoms with van der Waals surface area (Å²) in [6.07, 6.45) is 4.07. The van der Waals surface area contributed by atoms with E-state index in [1.165, 1.54) is 12.8 Å². The molecular weight excluding hydrogens is 206 g/mol. The second kappa shape index (κ2) is 3.41. The molecule has 0 radical (unpaired) electrons. The van der Waals surface area contributed by atoms with Crippen LogP contribution in [0, 0.1) is 0 Å². The minimum atomic E-state index is 0. The number of hydrogen-bond donors (Lipinski definition) is 0. The van der Waals surface area contributed by atoms with E-state index in [-0.39, 0.29) is 51.5 Å². The van der Waals surface area contributed by atoms with Crippen LogP contribution in [0.5, 0.6) is 0 Å². The summed E-state index contributed by atoms with van der Waals surface area (Å²) in [5.41, 5.74) is 0.192. The Balaban J connectivity index is 0.000000405. The summed E-state index contributed by atoms with van der Waals surface area (Å²) in [6, 6.07) is 0. The molecular formula is C6H8BrMgNO. The minimum Gasteiger partial charge on any atom is -1.00 e. The van der Waals surface area contributed by atoms with Gasteiger partial charge in [-0.05, 0) is 31.6 Å². The van der Waals surface area contributed by atoms with Crippen LogP contribution in [0.15, 0.2) is 4.99 Å². The van der Waals surface area contributed by atoms with Crippen molar-refractivity contribution in [2.24, 2.45) is 4.99 Å². The maximum absolute atomic E-state index is 10.5. The van der Waals surface area contributed by atoms with E-state index in [4.69, 9.17) is 0 Å². The van der Waals surface area contributed by atoms with Crippen molar-refractivity contribution in [2.75, 3.05) is 0 Å². The van der Waals surface area contributed by atoms with Crippen LogP contribution in [0.3, 0.4) is 0 Å². The van der Waals surface area contributed by atoms with Gasteiger partial charge >= 0.3 is 23.1 Å². The van der Waals surface area contributed by atoms with E-state index in [0.29, 0.717) is 6.42 Å². The Bertz CT molecular complexity index is 156. The van der Waals surface area contributed by atoms with Crippen LogP contribution in [0.2, 0.25) is 0 Å². The largest absolute Gasteiger partial charge is 2.00 e. The monoisotopic (exact) mass is 213 g/mol. The van der Waals surface area contributed by atoms with Crippen molar-refractivity contribution in [1.82, 2.24) is 0 Å². The summed E-state index contributed by atoms with van der Waals surface area (Å²) >= 11 is 0. The zero-order valence-corrected chi connectivity index (χ0v) is 8.77. The van der Waals surface area contributed by atoms with Gasteiger partial charge in [0.1, 0.15) is 0 Å². The maximum atomic E-state index is 10.5. The molecule has 0 aromatic carbocycles. The number of nitrogens with zero attached hydrogens (tertiary/aromatic N) is 1. The number of halogens is 1. The molecule has 0 aromatic rings. The molecule has 0 amide bonds. The summed E-state index contributed by atoms with van der Waals surface area (Å²) in [5.74, 6) is 0.127. The maximum Gasteiger partial charge on any atom is 2.00 e. The normalized spacial score (nSPS) is 24.6. The number of aliphatic imine (C=N–C) groups is 1. The molecule has 1 aliphatic heterocycles. The quantitative estimate of drug-likeness (QED) is 0.389. The van der Waals surface area contributed by atoms with Gasteiger partial charge in [-0.15, -0.1) is 0 Å². The third kappa shape index (κ3) is 1.86. The predicted molar refractivity (Wildman–Crippen MR) is 34.4 cm³/mol. The van der Waals surface area contributed by atoms with E-state index in [0.717, 1.165) is 6.42 Å². The van der Waals surface area contributed by atoms with E-state index in [2.05, 4.69) is 4.99 Å². The number of rotatable bonds is 0. The van der Waals surface area contributed by atoms with Gasteiger partial charge in [0, 0.05) is 0 Å². The van der Waals surface area contributed by atoms with Crippen molar-refractivity contribution in [3.63, 3.8) is 0 Å². The molecule has 2 rings (SSSR count). The molecule has 0 bridgehead atoms. The molecule has 0 aromatic heterocycles. The van der Waals surface area contributed by atoms with Crippen LogP contribution < -0.4 is 22.1 Å². The van der Waals surface area contributed by atoms with Crippen LogP contribution in [0.25, 0.3) is 0 Å². The molecule has 0 saturated heterocycles. The third-order valence-electron chi connectivity index (χ3n) is 1.99. The molecule has 1 fully saturated rings. The Hall–Kier alpha value is 0.716. The van der Waals surface area contributed by atoms with Crippen molar-refractivity contribution >= 4 is 29.0 Å². The Kier molecular flexibility index (Phi) is 3.65. The zero-order chi connectivity index (χ0) is 5.61. The van der Waals surface area contributed by atoms with E-state index < -0.39 is 0 Å². The van der Waals surface area contributed by atoms with Crippen LogP contribution in [0.1, 0.15) is 25.7 Å². The molecule has 0 atom stereocenters. The van der Waals surface area contributed by atoms with Crippen LogP contribution in [-0.2, 0) is 0 Å². The first-order valence-electron chi connectivity index (χ1n) is 3.07. The molecule has 1 saturated carbocycles. The van der Waals surface area contributed by atoms with Crippen LogP contribution >= 0.6 is 0 Å². The average molecular weight is 214 g/mol. The average Bonchev–Trinajstić information content (AvgIpc) is 2.34. The second-order valence-corrected chi connectivity index (χ2v) is 2.73. The Morgan fingerprint density at radius 1 is 1.30 bits per heavy atom. The molecule has 10 heavy (non-hydrogen) atoms. The molecule has 1 spiro atoms. The van der Waals surface area contributed by atoms with E-state index in [1.807, 2.05) is 0 Å². The summed E-state index contributed by atoms with van der Waals surface area (Å²) in [5, 5.41) is 10.5. The Morgan fingerprint density at radius 3 is 2.10 bits per heavy atom. The zero-order valence-electron chi connectivity index (χ0n) is 5.77. The molecule has 1 heterocycles. The van der Waals surface area contributed by atoms with Crippen LogP contribution in [0.4, 0.5) is 0 Å². The second-order valence-electron chi connectivity index (χ2n) is 2.73. The van der Waals surface area contributed by atoms with Gasteiger partial charge in [-0.3, -0.25) is 4.99 Å². The number of hydrogen-bond acceptors (Lipinski definition) is 2. The van der Waals surface area contributed by atoms with Gasteiger partial charge in [-0.25, -0.2) is 0 Å². The molecule has 2 aliphatic rings. The van der Waals surface area contributed by atoms with Crippen molar-refractivity contribution in [3.8, 4) is 0 Å². The molecule has 2 nitrogen and oxygen atoms in total. The van der Waals surface area contributed by atoms with Crippen molar-refractivity contribution < 1.29 is 22.1 Å². The molecule has 0 unspecified atom stereocenters. The standard InChI is InChI=1S/C6H9NO.BrH.Mg/c8-5-1-2-6(7-5)3-4-6;;/h1-4H2,(H,7,8);1H;/q;;+2/p-2.